The molecule has 2 unspecified atom stereocenters. The Morgan fingerprint density at radius 1 is 1.20 bits per heavy atom. The number of likely N-dealkylation sites (tertiary alicyclic amines) is 1. The summed E-state index contributed by atoms with van der Waals surface area (Å²) in [4.78, 5) is 14.6. The monoisotopic (exact) mass is 272 g/mol. The number of nitrogens with one attached hydrogen (secondary N) is 1. The lowest BCUT2D eigenvalue weighted by Gasteiger charge is -2.39. The Morgan fingerprint density at radius 3 is 2.60 bits per heavy atom. The van der Waals surface area contributed by atoms with Crippen LogP contribution >= 0.6 is 0 Å². The molecule has 3 heteroatoms. The van der Waals surface area contributed by atoms with E-state index in [1.807, 2.05) is 30.3 Å². The van der Waals surface area contributed by atoms with Gasteiger partial charge in [0.05, 0.1) is 0 Å². The molecule has 1 saturated heterocycles. The van der Waals surface area contributed by atoms with Gasteiger partial charge in [0.1, 0.15) is 0 Å². The molecule has 2 atom stereocenters. The van der Waals surface area contributed by atoms with Crippen LogP contribution in [0, 0.1) is 10.8 Å². The molecule has 0 radical (unpaired) electrons. The molecule has 2 aliphatic rings. The number of urea groups is 1. The molecule has 0 aromatic heterocycles. The lowest BCUT2D eigenvalue weighted by atomic mass is 9.65. The molecule has 2 amide bonds. The molecule has 20 heavy (non-hydrogen) atoms. The molecule has 108 valence electrons. The van der Waals surface area contributed by atoms with Gasteiger partial charge in [-0.15, -0.1) is 0 Å². The van der Waals surface area contributed by atoms with Crippen molar-refractivity contribution in [1.82, 2.24) is 4.90 Å². The predicted molar refractivity (Wildman–Crippen MR) is 81.7 cm³/mol. The van der Waals surface area contributed by atoms with Crippen molar-refractivity contribution in [3.8, 4) is 0 Å². The van der Waals surface area contributed by atoms with Crippen LogP contribution in [0.2, 0.25) is 0 Å². The van der Waals surface area contributed by atoms with E-state index in [1.54, 1.807) is 0 Å². The number of amides is 2. The SMILES string of the molecule is CC1(C)CC2CC(C)(CN2C(=O)Nc2ccccc2)C1. The summed E-state index contributed by atoms with van der Waals surface area (Å²) in [7, 11) is 0. The van der Waals surface area contributed by atoms with E-state index in [4.69, 9.17) is 0 Å². The summed E-state index contributed by atoms with van der Waals surface area (Å²) >= 11 is 0. The van der Waals surface area contributed by atoms with E-state index in [2.05, 4.69) is 31.0 Å². The van der Waals surface area contributed by atoms with E-state index in [1.165, 1.54) is 6.42 Å². The minimum Gasteiger partial charge on any atom is -0.321 e. The van der Waals surface area contributed by atoms with Gasteiger partial charge < -0.3 is 10.2 Å². The zero-order valence-corrected chi connectivity index (χ0v) is 12.6. The van der Waals surface area contributed by atoms with Crippen molar-refractivity contribution in [2.24, 2.45) is 10.8 Å². The fourth-order valence-corrected chi connectivity index (χ4v) is 4.41. The van der Waals surface area contributed by atoms with Gasteiger partial charge in [0.2, 0.25) is 0 Å². The van der Waals surface area contributed by atoms with E-state index in [-0.39, 0.29) is 6.03 Å². The first kappa shape index (κ1) is 13.5. The molecule has 2 fully saturated rings. The van der Waals surface area contributed by atoms with Gasteiger partial charge in [-0.3, -0.25) is 0 Å². The van der Waals surface area contributed by atoms with Crippen LogP contribution in [0.1, 0.15) is 40.0 Å². The summed E-state index contributed by atoms with van der Waals surface area (Å²) in [6, 6.07) is 10.2. The zero-order valence-electron chi connectivity index (χ0n) is 12.6. The highest BCUT2D eigenvalue weighted by Crippen LogP contribution is 2.52. The molecular weight excluding hydrogens is 248 g/mol. The quantitative estimate of drug-likeness (QED) is 0.819. The fraction of sp³-hybridized carbons (Fsp3) is 0.588. The van der Waals surface area contributed by atoms with Gasteiger partial charge in [0.15, 0.2) is 0 Å². The van der Waals surface area contributed by atoms with Crippen LogP contribution in [0.5, 0.6) is 0 Å². The smallest absolute Gasteiger partial charge is 0.321 e. The largest absolute Gasteiger partial charge is 0.322 e. The van der Waals surface area contributed by atoms with Gasteiger partial charge in [-0.1, -0.05) is 39.0 Å². The van der Waals surface area contributed by atoms with E-state index in [0.29, 0.717) is 16.9 Å². The van der Waals surface area contributed by atoms with Crippen LogP contribution < -0.4 is 5.32 Å². The summed E-state index contributed by atoms with van der Waals surface area (Å²) < 4.78 is 0. The van der Waals surface area contributed by atoms with Crippen LogP contribution in [0.3, 0.4) is 0 Å². The minimum absolute atomic E-state index is 0.0580. The third-order valence-corrected chi connectivity index (χ3v) is 4.70. The van der Waals surface area contributed by atoms with Crippen molar-refractivity contribution in [2.45, 2.75) is 46.1 Å². The zero-order chi connectivity index (χ0) is 14.4. The topological polar surface area (TPSA) is 32.3 Å². The maximum Gasteiger partial charge on any atom is 0.322 e. The van der Waals surface area contributed by atoms with Gasteiger partial charge in [-0.2, -0.15) is 0 Å². The highest BCUT2D eigenvalue weighted by atomic mass is 16.2. The van der Waals surface area contributed by atoms with Gasteiger partial charge in [0, 0.05) is 18.3 Å². The van der Waals surface area contributed by atoms with E-state index in [0.717, 1.165) is 25.1 Å². The molecule has 1 aromatic rings. The third kappa shape index (κ3) is 2.54. The van der Waals surface area contributed by atoms with Gasteiger partial charge in [-0.25, -0.2) is 4.79 Å². The van der Waals surface area contributed by atoms with Crippen molar-refractivity contribution in [3.05, 3.63) is 30.3 Å². The highest BCUT2D eigenvalue weighted by molar-refractivity contribution is 5.89. The lowest BCUT2D eigenvalue weighted by molar-refractivity contribution is 0.130. The standard InChI is InChI=1S/C17H24N2O/c1-16(2)9-14-10-17(3,11-16)12-19(14)15(20)18-13-7-5-4-6-8-13/h4-8,14H,9-12H2,1-3H3,(H,18,20). The molecule has 1 saturated carbocycles. The van der Waals surface area contributed by atoms with E-state index < -0.39 is 0 Å². The summed E-state index contributed by atoms with van der Waals surface area (Å²) in [5, 5.41) is 3.03. The number of carbonyl (C=O) groups is 1. The van der Waals surface area contributed by atoms with Crippen LogP contribution in [0.25, 0.3) is 0 Å². The Morgan fingerprint density at radius 2 is 1.90 bits per heavy atom. The van der Waals surface area contributed by atoms with E-state index in [9.17, 15) is 4.79 Å². The predicted octanol–water partition coefficient (Wildman–Crippen LogP) is 4.12. The molecule has 1 aliphatic carbocycles. The summed E-state index contributed by atoms with van der Waals surface area (Å²) in [6.45, 7) is 7.88. The Labute approximate surface area is 121 Å². The third-order valence-electron chi connectivity index (χ3n) is 4.70. The Hall–Kier alpha value is -1.51. The van der Waals surface area contributed by atoms with Crippen LogP contribution in [-0.4, -0.2) is 23.5 Å². The Balaban J connectivity index is 1.74. The molecular formula is C17H24N2O. The second-order valence-electron chi connectivity index (χ2n) is 7.64. The lowest BCUT2D eigenvalue weighted by Crippen LogP contribution is -2.40. The van der Waals surface area contributed by atoms with Gasteiger partial charge in [-0.05, 0) is 42.2 Å². The number of fused-ring (bicyclic) bond motifs is 2. The highest BCUT2D eigenvalue weighted by Gasteiger charge is 2.50. The maximum atomic E-state index is 12.5. The average Bonchev–Trinajstić information content (AvgIpc) is 2.60. The number of rotatable bonds is 1. The molecule has 3 rings (SSSR count). The summed E-state index contributed by atoms with van der Waals surface area (Å²) in [6.07, 6.45) is 3.48. The average molecular weight is 272 g/mol. The van der Waals surface area contributed by atoms with Gasteiger partial charge in [0.25, 0.3) is 0 Å². The molecule has 0 spiro atoms. The Bertz CT molecular complexity index is 511. The first-order chi connectivity index (χ1) is 9.37. The van der Waals surface area contributed by atoms with Crippen LogP contribution in [0.4, 0.5) is 10.5 Å². The summed E-state index contributed by atoms with van der Waals surface area (Å²) in [5.74, 6) is 0. The number of para-hydroxylation sites is 1. The number of nitrogens with zero attached hydrogens (tertiary/aromatic N) is 1. The van der Waals surface area contributed by atoms with Crippen molar-refractivity contribution in [2.75, 3.05) is 11.9 Å². The maximum absolute atomic E-state index is 12.5. The van der Waals surface area contributed by atoms with Crippen molar-refractivity contribution >= 4 is 11.7 Å². The van der Waals surface area contributed by atoms with Crippen molar-refractivity contribution in [3.63, 3.8) is 0 Å². The number of carbonyl (C=O) groups excluding carboxylic acids is 1. The minimum atomic E-state index is 0.0580. The number of hydrogen-bond donors (Lipinski definition) is 1. The number of hydrogen-bond acceptors (Lipinski definition) is 1. The number of anilines is 1. The summed E-state index contributed by atoms with van der Waals surface area (Å²) in [5.41, 5.74) is 1.52. The first-order valence-corrected chi connectivity index (χ1v) is 7.50. The normalized spacial score (nSPS) is 31.1. The second-order valence-corrected chi connectivity index (χ2v) is 7.64. The van der Waals surface area contributed by atoms with Crippen LogP contribution in [-0.2, 0) is 0 Å². The molecule has 1 N–H and O–H groups in total. The van der Waals surface area contributed by atoms with E-state index >= 15 is 0 Å². The molecule has 1 aliphatic heterocycles. The molecule has 1 aromatic carbocycles. The first-order valence-electron chi connectivity index (χ1n) is 7.50. The molecule has 2 bridgehead atoms. The molecule has 3 nitrogen and oxygen atoms in total. The second kappa shape index (κ2) is 4.51. The number of benzene rings is 1. The Kier molecular flexibility index (Phi) is 3.03. The van der Waals surface area contributed by atoms with Crippen molar-refractivity contribution < 1.29 is 4.79 Å². The molecule has 1 heterocycles. The van der Waals surface area contributed by atoms with Crippen molar-refractivity contribution in [1.29, 1.82) is 0 Å². The van der Waals surface area contributed by atoms with Crippen LogP contribution in [0.15, 0.2) is 30.3 Å². The fourth-order valence-electron chi connectivity index (χ4n) is 4.41. The van der Waals surface area contributed by atoms with Gasteiger partial charge >= 0.3 is 6.03 Å².